The average Bonchev–Trinajstić information content (AvgIpc) is 2.76. The Morgan fingerprint density at radius 3 is 2.79 bits per heavy atom. The summed E-state index contributed by atoms with van der Waals surface area (Å²) in [5.74, 6) is 1.08. The highest BCUT2D eigenvalue weighted by Crippen LogP contribution is 2.28. The van der Waals surface area contributed by atoms with Crippen molar-refractivity contribution in [3.8, 4) is 17.1 Å². The van der Waals surface area contributed by atoms with Gasteiger partial charge in [0.2, 0.25) is 0 Å². The third-order valence-electron chi connectivity index (χ3n) is 3.13. The molecule has 1 aromatic heterocycles. The molecule has 0 aliphatic heterocycles. The fraction of sp³-hybridized carbons (Fsp3) is 0.133. The standard InChI is InChI=1S/C15H13ClN2O/c1-2-18-14-7-6-11(16)9-13(14)17-15(18)10-4-3-5-12(19)8-10/h3-9,19H,2H2,1H3. The molecule has 19 heavy (non-hydrogen) atoms. The molecular weight excluding hydrogens is 260 g/mol. The van der Waals surface area contributed by atoms with E-state index in [-0.39, 0.29) is 5.75 Å². The monoisotopic (exact) mass is 272 g/mol. The van der Waals surface area contributed by atoms with E-state index in [1.54, 1.807) is 12.1 Å². The number of aryl methyl sites for hydroxylation is 1. The van der Waals surface area contributed by atoms with Crippen LogP contribution >= 0.6 is 11.6 Å². The first kappa shape index (κ1) is 12.1. The number of imidazole rings is 1. The number of aromatic hydroxyl groups is 1. The lowest BCUT2D eigenvalue weighted by Crippen LogP contribution is -1.97. The maximum atomic E-state index is 9.60. The maximum Gasteiger partial charge on any atom is 0.141 e. The van der Waals surface area contributed by atoms with E-state index < -0.39 is 0 Å². The number of hydrogen-bond donors (Lipinski definition) is 1. The maximum absolute atomic E-state index is 9.60. The summed E-state index contributed by atoms with van der Waals surface area (Å²) in [4.78, 5) is 4.62. The molecule has 96 valence electrons. The fourth-order valence-electron chi connectivity index (χ4n) is 2.29. The number of halogens is 1. The van der Waals surface area contributed by atoms with Gasteiger partial charge in [-0.1, -0.05) is 23.7 Å². The minimum Gasteiger partial charge on any atom is -0.508 e. The Morgan fingerprint density at radius 2 is 2.05 bits per heavy atom. The van der Waals surface area contributed by atoms with Crippen LogP contribution in [-0.4, -0.2) is 14.7 Å². The molecule has 0 bridgehead atoms. The second-order valence-electron chi connectivity index (χ2n) is 4.36. The molecule has 0 fully saturated rings. The Bertz CT molecular complexity index is 749. The van der Waals surface area contributed by atoms with E-state index in [1.165, 1.54) is 0 Å². The number of aromatic nitrogens is 2. The molecule has 1 heterocycles. The van der Waals surface area contributed by atoms with E-state index in [2.05, 4.69) is 16.5 Å². The lowest BCUT2D eigenvalue weighted by Gasteiger charge is -2.06. The van der Waals surface area contributed by atoms with Crippen molar-refractivity contribution in [2.24, 2.45) is 0 Å². The summed E-state index contributed by atoms with van der Waals surface area (Å²) >= 11 is 6.01. The SMILES string of the molecule is CCn1c(-c2cccc(O)c2)nc2cc(Cl)ccc21. The summed E-state index contributed by atoms with van der Waals surface area (Å²) in [6.45, 7) is 2.88. The zero-order chi connectivity index (χ0) is 13.4. The van der Waals surface area contributed by atoms with Crippen LogP contribution < -0.4 is 0 Å². The minimum atomic E-state index is 0.241. The molecule has 2 aromatic carbocycles. The second kappa shape index (κ2) is 4.59. The quantitative estimate of drug-likeness (QED) is 0.763. The van der Waals surface area contributed by atoms with Gasteiger partial charge in [-0.05, 0) is 37.3 Å². The molecule has 0 saturated carbocycles. The van der Waals surface area contributed by atoms with Crippen LogP contribution in [0.1, 0.15) is 6.92 Å². The van der Waals surface area contributed by atoms with E-state index in [4.69, 9.17) is 11.6 Å². The molecule has 0 amide bonds. The van der Waals surface area contributed by atoms with Gasteiger partial charge in [0.25, 0.3) is 0 Å². The molecule has 0 saturated heterocycles. The number of rotatable bonds is 2. The molecule has 3 nitrogen and oxygen atoms in total. The van der Waals surface area contributed by atoms with Crippen LogP contribution in [0, 0.1) is 0 Å². The number of phenols is 1. The van der Waals surface area contributed by atoms with E-state index >= 15 is 0 Å². The average molecular weight is 273 g/mol. The van der Waals surface area contributed by atoms with Crippen molar-refractivity contribution in [3.05, 3.63) is 47.5 Å². The molecule has 0 aliphatic carbocycles. The van der Waals surface area contributed by atoms with Crippen LogP contribution in [0.5, 0.6) is 5.75 Å². The first-order valence-electron chi connectivity index (χ1n) is 6.14. The van der Waals surface area contributed by atoms with Crippen molar-refractivity contribution in [3.63, 3.8) is 0 Å². The normalized spacial score (nSPS) is 11.1. The smallest absolute Gasteiger partial charge is 0.141 e. The summed E-state index contributed by atoms with van der Waals surface area (Å²) in [5, 5.41) is 10.3. The summed E-state index contributed by atoms with van der Waals surface area (Å²) in [5.41, 5.74) is 2.81. The summed E-state index contributed by atoms with van der Waals surface area (Å²) < 4.78 is 2.11. The van der Waals surface area contributed by atoms with Gasteiger partial charge in [0, 0.05) is 17.1 Å². The van der Waals surface area contributed by atoms with Crippen LogP contribution in [0.25, 0.3) is 22.4 Å². The van der Waals surface area contributed by atoms with Gasteiger partial charge >= 0.3 is 0 Å². The van der Waals surface area contributed by atoms with Gasteiger partial charge in [0.05, 0.1) is 11.0 Å². The van der Waals surface area contributed by atoms with E-state index in [1.807, 2.05) is 30.3 Å². The van der Waals surface area contributed by atoms with Gasteiger partial charge < -0.3 is 9.67 Å². The molecule has 0 aliphatic rings. The van der Waals surface area contributed by atoms with Gasteiger partial charge in [0.15, 0.2) is 0 Å². The Kier molecular flexibility index (Phi) is 2.91. The van der Waals surface area contributed by atoms with Gasteiger partial charge in [0.1, 0.15) is 11.6 Å². The van der Waals surface area contributed by atoms with Crippen molar-refractivity contribution in [2.75, 3.05) is 0 Å². The highest BCUT2D eigenvalue weighted by atomic mass is 35.5. The lowest BCUT2D eigenvalue weighted by atomic mass is 10.2. The number of fused-ring (bicyclic) bond motifs is 1. The molecule has 0 unspecified atom stereocenters. The van der Waals surface area contributed by atoms with Crippen LogP contribution in [0.15, 0.2) is 42.5 Å². The van der Waals surface area contributed by atoms with Crippen LogP contribution in [0.2, 0.25) is 5.02 Å². The van der Waals surface area contributed by atoms with Crippen molar-refractivity contribution in [2.45, 2.75) is 13.5 Å². The predicted octanol–water partition coefficient (Wildman–Crippen LogP) is 4.08. The van der Waals surface area contributed by atoms with Gasteiger partial charge in [-0.25, -0.2) is 4.98 Å². The first-order chi connectivity index (χ1) is 9.19. The van der Waals surface area contributed by atoms with Gasteiger partial charge in [-0.2, -0.15) is 0 Å². The number of hydrogen-bond acceptors (Lipinski definition) is 2. The third kappa shape index (κ3) is 2.06. The highest BCUT2D eigenvalue weighted by Gasteiger charge is 2.12. The van der Waals surface area contributed by atoms with Crippen LogP contribution in [0.4, 0.5) is 0 Å². The fourth-order valence-corrected chi connectivity index (χ4v) is 2.45. The van der Waals surface area contributed by atoms with Gasteiger partial charge in [-0.15, -0.1) is 0 Å². The Hall–Kier alpha value is -2.00. The number of benzene rings is 2. The first-order valence-corrected chi connectivity index (χ1v) is 6.52. The molecule has 3 rings (SSSR count). The topological polar surface area (TPSA) is 38.0 Å². The third-order valence-corrected chi connectivity index (χ3v) is 3.37. The predicted molar refractivity (Wildman–Crippen MR) is 77.5 cm³/mol. The molecular formula is C15H13ClN2O. The summed E-state index contributed by atoms with van der Waals surface area (Å²) in [7, 11) is 0. The Balaban J connectivity index is 2.28. The second-order valence-corrected chi connectivity index (χ2v) is 4.80. The number of phenolic OH excluding ortho intramolecular Hbond substituents is 1. The van der Waals surface area contributed by atoms with Crippen LogP contribution in [-0.2, 0) is 6.54 Å². The molecule has 1 N–H and O–H groups in total. The zero-order valence-corrected chi connectivity index (χ0v) is 11.2. The zero-order valence-electron chi connectivity index (χ0n) is 10.5. The summed E-state index contributed by atoms with van der Waals surface area (Å²) in [6, 6.07) is 12.8. The summed E-state index contributed by atoms with van der Waals surface area (Å²) in [6.07, 6.45) is 0. The van der Waals surface area contributed by atoms with Gasteiger partial charge in [-0.3, -0.25) is 0 Å². The Morgan fingerprint density at radius 1 is 1.21 bits per heavy atom. The van der Waals surface area contributed by atoms with Crippen LogP contribution in [0.3, 0.4) is 0 Å². The van der Waals surface area contributed by atoms with E-state index in [0.29, 0.717) is 5.02 Å². The van der Waals surface area contributed by atoms with E-state index in [0.717, 1.165) is 29.0 Å². The molecule has 0 atom stereocenters. The van der Waals surface area contributed by atoms with E-state index in [9.17, 15) is 5.11 Å². The lowest BCUT2D eigenvalue weighted by molar-refractivity contribution is 0.475. The molecule has 0 radical (unpaired) electrons. The molecule has 3 aromatic rings. The number of nitrogens with zero attached hydrogens (tertiary/aromatic N) is 2. The molecule has 0 spiro atoms. The molecule has 4 heteroatoms. The Labute approximate surface area is 116 Å². The van der Waals surface area contributed by atoms with Crippen molar-refractivity contribution < 1.29 is 5.11 Å². The van der Waals surface area contributed by atoms with Crippen molar-refractivity contribution in [1.82, 2.24) is 9.55 Å². The largest absolute Gasteiger partial charge is 0.508 e. The van der Waals surface area contributed by atoms with Crippen molar-refractivity contribution in [1.29, 1.82) is 0 Å². The van der Waals surface area contributed by atoms with Crippen molar-refractivity contribution >= 4 is 22.6 Å². The highest BCUT2D eigenvalue weighted by molar-refractivity contribution is 6.31. The minimum absolute atomic E-state index is 0.241.